The van der Waals surface area contributed by atoms with E-state index in [0.717, 1.165) is 50.9 Å². The van der Waals surface area contributed by atoms with E-state index in [1.54, 1.807) is 0 Å². The van der Waals surface area contributed by atoms with Crippen molar-refractivity contribution in [3.8, 4) is 11.1 Å². The van der Waals surface area contributed by atoms with Gasteiger partial charge in [-0.3, -0.25) is 0 Å². The number of nitrogens with two attached hydrogens (primary N) is 1. The predicted octanol–water partition coefficient (Wildman–Crippen LogP) is 9.88. The van der Waals surface area contributed by atoms with Gasteiger partial charge in [0.1, 0.15) is 0 Å². The van der Waals surface area contributed by atoms with Crippen molar-refractivity contribution in [1.82, 2.24) is 0 Å². The first kappa shape index (κ1) is 30.4. The summed E-state index contributed by atoms with van der Waals surface area (Å²) in [4.78, 5) is 0. The summed E-state index contributed by atoms with van der Waals surface area (Å²) in [7, 11) is 0. The summed E-state index contributed by atoms with van der Waals surface area (Å²) in [6.07, 6.45) is 20.7. The van der Waals surface area contributed by atoms with Crippen LogP contribution in [-0.4, -0.2) is 0 Å². The molecule has 0 aromatic heterocycles. The lowest BCUT2D eigenvalue weighted by Crippen LogP contribution is -2.20. The zero-order valence-electron chi connectivity index (χ0n) is 26.2. The third-order valence-corrected chi connectivity index (χ3v) is 8.79. The van der Waals surface area contributed by atoms with Crippen LogP contribution < -0.4 is 16.2 Å². The molecule has 0 aliphatic heterocycles. The molecule has 4 aromatic rings. The van der Waals surface area contributed by atoms with Crippen LogP contribution in [0.2, 0.25) is 0 Å². The molecule has 0 fully saturated rings. The second-order valence-corrected chi connectivity index (χ2v) is 11.7. The molecule has 2 aliphatic carbocycles. The average Bonchev–Trinajstić information content (AvgIpc) is 3.64. The van der Waals surface area contributed by atoms with Gasteiger partial charge in [-0.25, -0.2) is 0 Å². The summed E-state index contributed by atoms with van der Waals surface area (Å²) < 4.78 is 0. The highest BCUT2D eigenvalue weighted by Crippen LogP contribution is 2.41. The molecule has 46 heavy (non-hydrogen) atoms. The maximum Gasteiger partial charge on any atom is 0.0156 e. The van der Waals surface area contributed by atoms with Crippen LogP contribution in [-0.2, 0) is 0 Å². The Labute approximate surface area is 272 Å². The molecule has 1 unspecified atom stereocenters. The summed E-state index contributed by atoms with van der Waals surface area (Å²) in [5, 5.41) is 3.99. The van der Waals surface area contributed by atoms with E-state index < -0.39 is 0 Å². The van der Waals surface area contributed by atoms with Crippen LogP contribution in [0.1, 0.15) is 35.4 Å². The zero-order chi connectivity index (χ0) is 31.9. The first-order valence-electron chi connectivity index (χ1n) is 15.8. The van der Waals surface area contributed by atoms with E-state index in [1.807, 2.05) is 12.1 Å². The van der Waals surface area contributed by atoms with Gasteiger partial charge in [-0.2, -0.15) is 0 Å². The first-order valence-corrected chi connectivity index (χ1v) is 15.8. The SMILES string of the molecule is C=C/C=C(\C=C/c1ccc(=C)c(=C)c2ccccc2ccc1C1CC(N)=CC=C1c1ccc(-c2ccccc2)cc1)C1=CC=CC1. The van der Waals surface area contributed by atoms with Crippen LogP contribution in [0.15, 0.2) is 175 Å². The molecule has 1 heteroatoms. The fourth-order valence-electron chi connectivity index (χ4n) is 6.25. The lowest BCUT2D eigenvalue weighted by atomic mass is 9.79. The van der Waals surface area contributed by atoms with Gasteiger partial charge in [0.05, 0.1) is 0 Å². The van der Waals surface area contributed by atoms with E-state index in [-0.39, 0.29) is 5.92 Å². The first-order chi connectivity index (χ1) is 22.5. The maximum atomic E-state index is 6.58. The molecule has 0 spiro atoms. The normalized spacial score (nSPS) is 16.1. The number of hydrogen-bond acceptors (Lipinski definition) is 1. The van der Waals surface area contributed by atoms with Crippen molar-refractivity contribution in [2.45, 2.75) is 18.8 Å². The molecule has 0 bridgehead atoms. The number of allylic oxidation sites excluding steroid dienone is 12. The van der Waals surface area contributed by atoms with E-state index in [1.165, 1.54) is 33.4 Å². The predicted molar refractivity (Wildman–Crippen MR) is 201 cm³/mol. The molecule has 0 saturated carbocycles. The monoisotopic (exact) mass is 593 g/mol. The Bertz CT molecular complexity index is 2130. The van der Waals surface area contributed by atoms with Crippen LogP contribution in [0, 0.1) is 0 Å². The van der Waals surface area contributed by atoms with Crippen LogP contribution in [0.25, 0.3) is 46.7 Å². The van der Waals surface area contributed by atoms with Gasteiger partial charge in [0.15, 0.2) is 0 Å². The summed E-state index contributed by atoms with van der Waals surface area (Å²) in [6.45, 7) is 12.8. The van der Waals surface area contributed by atoms with Crippen molar-refractivity contribution in [3.63, 3.8) is 0 Å². The van der Waals surface area contributed by atoms with Crippen molar-refractivity contribution in [3.05, 3.63) is 202 Å². The van der Waals surface area contributed by atoms with Crippen LogP contribution >= 0.6 is 0 Å². The molecule has 2 aliphatic rings. The van der Waals surface area contributed by atoms with Crippen LogP contribution in [0.3, 0.4) is 0 Å². The van der Waals surface area contributed by atoms with Crippen molar-refractivity contribution in [1.29, 1.82) is 0 Å². The Hall–Kier alpha value is -5.66. The van der Waals surface area contributed by atoms with Crippen molar-refractivity contribution >= 4 is 35.6 Å². The molecule has 0 radical (unpaired) electrons. The molecule has 2 N–H and O–H groups in total. The van der Waals surface area contributed by atoms with Gasteiger partial charge in [-0.15, -0.1) is 0 Å². The molecule has 224 valence electrons. The summed E-state index contributed by atoms with van der Waals surface area (Å²) in [6, 6.07) is 36.5. The number of rotatable bonds is 7. The third kappa shape index (κ3) is 6.70. The molecule has 1 atom stereocenters. The largest absolute Gasteiger partial charge is 0.402 e. The lowest BCUT2D eigenvalue weighted by Gasteiger charge is -2.26. The fourth-order valence-corrected chi connectivity index (χ4v) is 6.25. The smallest absolute Gasteiger partial charge is 0.0156 e. The third-order valence-electron chi connectivity index (χ3n) is 8.79. The van der Waals surface area contributed by atoms with Gasteiger partial charge in [-0.1, -0.05) is 171 Å². The standard InChI is InChI=1S/C45H39N/c1-4-12-34(35-15-8-9-16-35)21-24-39-20-19-32(2)33(3)42-18-11-10-17-38(42)27-29-43(39)45-31-41(46)28-30-44(45)40-25-22-37(23-26-40)36-13-6-5-7-14-36/h4-15,17-30,45H,1-3,16,31,46H2/b20-19?,24-21-,29-27?,34-12+,43-39?. The fraction of sp³-hybridized carbons (Fsp3) is 0.0667. The highest BCUT2D eigenvalue weighted by atomic mass is 14.6. The molecular weight excluding hydrogens is 555 g/mol. The Balaban J connectivity index is 1.55. The molecule has 0 heterocycles. The number of hydrogen-bond donors (Lipinski definition) is 1. The van der Waals surface area contributed by atoms with Crippen molar-refractivity contribution in [2.24, 2.45) is 5.73 Å². The van der Waals surface area contributed by atoms with Gasteiger partial charge in [-0.05, 0) is 84.7 Å². The van der Waals surface area contributed by atoms with Gasteiger partial charge < -0.3 is 5.73 Å². The quantitative estimate of drug-likeness (QED) is 0.212. The zero-order valence-corrected chi connectivity index (χ0v) is 26.2. The second-order valence-electron chi connectivity index (χ2n) is 11.7. The summed E-state index contributed by atoms with van der Waals surface area (Å²) >= 11 is 0. The van der Waals surface area contributed by atoms with Crippen LogP contribution in [0.5, 0.6) is 0 Å². The maximum absolute atomic E-state index is 6.58. The Morgan fingerprint density at radius 2 is 1.48 bits per heavy atom. The Morgan fingerprint density at radius 3 is 2.24 bits per heavy atom. The van der Waals surface area contributed by atoms with Crippen molar-refractivity contribution in [2.75, 3.05) is 0 Å². The minimum Gasteiger partial charge on any atom is -0.402 e. The molecule has 0 saturated heterocycles. The van der Waals surface area contributed by atoms with E-state index in [0.29, 0.717) is 0 Å². The van der Waals surface area contributed by atoms with Crippen LogP contribution in [0.4, 0.5) is 0 Å². The minimum atomic E-state index is 0.0374. The molecule has 6 rings (SSSR count). The summed E-state index contributed by atoms with van der Waals surface area (Å²) in [5.74, 6) is 0.0374. The van der Waals surface area contributed by atoms with Crippen molar-refractivity contribution < 1.29 is 0 Å². The topological polar surface area (TPSA) is 26.0 Å². The highest BCUT2D eigenvalue weighted by Gasteiger charge is 2.23. The average molecular weight is 594 g/mol. The molecule has 4 aromatic carbocycles. The Morgan fingerprint density at radius 1 is 0.739 bits per heavy atom. The van der Waals surface area contributed by atoms with E-state index in [2.05, 4.69) is 165 Å². The van der Waals surface area contributed by atoms with E-state index in [9.17, 15) is 0 Å². The number of fused-ring (bicyclic) bond motifs is 1. The number of benzene rings is 3. The molecule has 0 amide bonds. The van der Waals surface area contributed by atoms with Gasteiger partial charge in [0.2, 0.25) is 0 Å². The lowest BCUT2D eigenvalue weighted by molar-refractivity contribution is 0.821. The highest BCUT2D eigenvalue weighted by molar-refractivity contribution is 5.83. The van der Waals surface area contributed by atoms with Gasteiger partial charge in [0.25, 0.3) is 0 Å². The second kappa shape index (κ2) is 14.0. The minimum absolute atomic E-state index is 0.0374. The van der Waals surface area contributed by atoms with E-state index in [4.69, 9.17) is 5.73 Å². The molecular formula is C45H39N. The van der Waals surface area contributed by atoms with Gasteiger partial charge >= 0.3 is 0 Å². The molecule has 1 nitrogen and oxygen atoms in total. The van der Waals surface area contributed by atoms with E-state index >= 15 is 0 Å². The Kier molecular flexibility index (Phi) is 9.22. The van der Waals surface area contributed by atoms with Gasteiger partial charge in [0, 0.05) is 11.6 Å². The summed E-state index contributed by atoms with van der Waals surface area (Å²) in [5.41, 5.74) is 17.0.